The van der Waals surface area contributed by atoms with Gasteiger partial charge >= 0.3 is 0 Å². The summed E-state index contributed by atoms with van der Waals surface area (Å²) in [6.07, 6.45) is 0. The molecule has 0 amide bonds. The lowest BCUT2D eigenvalue weighted by molar-refractivity contribution is 0.288. The summed E-state index contributed by atoms with van der Waals surface area (Å²) in [5.74, 6) is 0. The highest BCUT2D eigenvalue weighted by Crippen LogP contribution is 2.18. The zero-order valence-electron chi connectivity index (χ0n) is 9.46. The van der Waals surface area contributed by atoms with Gasteiger partial charge in [0.2, 0.25) is 0 Å². The molecule has 2 nitrogen and oxygen atoms in total. The predicted molar refractivity (Wildman–Crippen MR) is 68.9 cm³/mol. The van der Waals surface area contributed by atoms with Crippen LogP contribution in [0.15, 0.2) is 22.7 Å². The second kappa shape index (κ2) is 6.26. The Hall–Kier alpha value is -0.380. The van der Waals surface area contributed by atoms with E-state index in [1.54, 1.807) is 0 Å². The molecule has 0 unspecified atom stereocenters. The van der Waals surface area contributed by atoms with Gasteiger partial charge in [0, 0.05) is 24.1 Å². The number of rotatable bonds is 5. The maximum atomic E-state index is 5.56. The number of aryl methyl sites for hydroxylation is 1. The molecule has 2 N–H and O–H groups in total. The summed E-state index contributed by atoms with van der Waals surface area (Å²) in [6.45, 7) is 7.97. The van der Waals surface area contributed by atoms with Crippen molar-refractivity contribution in [1.29, 1.82) is 0 Å². The van der Waals surface area contributed by atoms with Crippen molar-refractivity contribution in [3.8, 4) is 0 Å². The van der Waals surface area contributed by atoms with Crippen molar-refractivity contribution in [3.05, 3.63) is 33.8 Å². The summed E-state index contributed by atoms with van der Waals surface area (Å²) in [7, 11) is 0. The van der Waals surface area contributed by atoms with Crippen molar-refractivity contribution < 1.29 is 0 Å². The molecule has 0 aliphatic rings. The molecule has 0 fully saturated rings. The Bertz CT molecular complexity index is 312. The molecule has 0 atom stereocenters. The molecule has 15 heavy (non-hydrogen) atoms. The fourth-order valence-electron chi connectivity index (χ4n) is 1.52. The number of likely N-dealkylation sites (N-methyl/N-ethyl adjacent to an activating group) is 1. The van der Waals surface area contributed by atoms with Crippen LogP contribution in [0.4, 0.5) is 0 Å². The zero-order valence-corrected chi connectivity index (χ0v) is 11.0. The zero-order chi connectivity index (χ0) is 11.3. The van der Waals surface area contributed by atoms with E-state index in [4.69, 9.17) is 5.73 Å². The number of hydrogen-bond donors (Lipinski definition) is 1. The van der Waals surface area contributed by atoms with Gasteiger partial charge in [0.25, 0.3) is 0 Å². The van der Waals surface area contributed by atoms with Crippen LogP contribution >= 0.6 is 15.9 Å². The molecule has 3 heteroatoms. The smallest absolute Gasteiger partial charge is 0.0234 e. The van der Waals surface area contributed by atoms with Crippen LogP contribution in [0.1, 0.15) is 18.1 Å². The topological polar surface area (TPSA) is 29.3 Å². The molecule has 0 saturated heterocycles. The van der Waals surface area contributed by atoms with Crippen molar-refractivity contribution in [2.24, 2.45) is 5.73 Å². The van der Waals surface area contributed by atoms with Crippen LogP contribution in [-0.4, -0.2) is 24.5 Å². The molecule has 0 spiro atoms. The maximum Gasteiger partial charge on any atom is 0.0234 e. The Morgan fingerprint density at radius 3 is 2.67 bits per heavy atom. The minimum absolute atomic E-state index is 0.723. The van der Waals surface area contributed by atoms with E-state index >= 15 is 0 Å². The normalized spacial score (nSPS) is 11.0. The second-order valence-electron chi connectivity index (χ2n) is 3.74. The molecular formula is C12H19BrN2. The number of nitrogens with two attached hydrogens (primary N) is 1. The third-order valence-electron chi connectivity index (χ3n) is 2.53. The molecule has 0 aromatic heterocycles. The minimum Gasteiger partial charge on any atom is -0.329 e. The van der Waals surface area contributed by atoms with Crippen LogP contribution in [0.2, 0.25) is 0 Å². The summed E-state index contributed by atoms with van der Waals surface area (Å²) >= 11 is 3.55. The summed E-state index contributed by atoms with van der Waals surface area (Å²) < 4.78 is 1.18. The van der Waals surface area contributed by atoms with Crippen LogP contribution in [0.25, 0.3) is 0 Å². The van der Waals surface area contributed by atoms with Gasteiger partial charge < -0.3 is 5.73 Å². The fraction of sp³-hybridized carbons (Fsp3) is 0.500. The van der Waals surface area contributed by atoms with Crippen LogP contribution in [0, 0.1) is 6.92 Å². The monoisotopic (exact) mass is 270 g/mol. The van der Waals surface area contributed by atoms with E-state index in [0.717, 1.165) is 26.2 Å². The van der Waals surface area contributed by atoms with E-state index in [9.17, 15) is 0 Å². The van der Waals surface area contributed by atoms with Crippen LogP contribution < -0.4 is 5.73 Å². The number of hydrogen-bond acceptors (Lipinski definition) is 2. The largest absolute Gasteiger partial charge is 0.329 e. The molecular weight excluding hydrogens is 252 g/mol. The molecule has 1 aromatic rings. The molecule has 0 saturated carbocycles. The van der Waals surface area contributed by atoms with Crippen LogP contribution in [-0.2, 0) is 6.54 Å². The average molecular weight is 271 g/mol. The summed E-state index contributed by atoms with van der Waals surface area (Å²) in [5.41, 5.74) is 8.18. The van der Waals surface area contributed by atoms with Crippen molar-refractivity contribution in [2.75, 3.05) is 19.6 Å². The second-order valence-corrected chi connectivity index (χ2v) is 4.60. The lowest BCUT2D eigenvalue weighted by Crippen LogP contribution is -2.28. The first kappa shape index (κ1) is 12.7. The van der Waals surface area contributed by atoms with E-state index in [-0.39, 0.29) is 0 Å². The highest BCUT2D eigenvalue weighted by Gasteiger charge is 2.03. The minimum atomic E-state index is 0.723. The third kappa shape index (κ3) is 3.93. The molecule has 1 rings (SSSR count). The maximum absolute atomic E-state index is 5.56. The summed E-state index contributed by atoms with van der Waals surface area (Å²) in [6, 6.07) is 6.52. The van der Waals surface area contributed by atoms with Gasteiger partial charge in [0.1, 0.15) is 0 Å². The van der Waals surface area contributed by atoms with Gasteiger partial charge in [-0.25, -0.2) is 0 Å². The Morgan fingerprint density at radius 2 is 2.13 bits per heavy atom. The highest BCUT2D eigenvalue weighted by molar-refractivity contribution is 9.10. The lowest BCUT2D eigenvalue weighted by atomic mass is 10.1. The SMILES string of the molecule is CCN(CCN)Cc1ccc(C)c(Br)c1. The van der Waals surface area contributed by atoms with E-state index < -0.39 is 0 Å². The summed E-state index contributed by atoms with van der Waals surface area (Å²) in [4.78, 5) is 2.34. The molecule has 0 aliphatic heterocycles. The highest BCUT2D eigenvalue weighted by atomic mass is 79.9. The quantitative estimate of drug-likeness (QED) is 0.891. The van der Waals surface area contributed by atoms with Gasteiger partial charge in [-0.1, -0.05) is 35.0 Å². The van der Waals surface area contributed by atoms with Crippen LogP contribution in [0.3, 0.4) is 0 Å². The molecule has 0 radical (unpaired) electrons. The molecule has 84 valence electrons. The first-order valence-corrected chi connectivity index (χ1v) is 6.14. The fourth-order valence-corrected chi connectivity index (χ4v) is 1.95. The lowest BCUT2D eigenvalue weighted by Gasteiger charge is -2.19. The van der Waals surface area contributed by atoms with E-state index in [1.807, 2.05) is 0 Å². The Kier molecular flexibility index (Phi) is 5.29. The Balaban J connectivity index is 2.66. The molecule has 0 heterocycles. The van der Waals surface area contributed by atoms with Gasteiger partial charge in [-0.15, -0.1) is 0 Å². The van der Waals surface area contributed by atoms with Gasteiger partial charge in [-0.05, 0) is 30.7 Å². The number of nitrogens with zero attached hydrogens (tertiary/aromatic N) is 1. The number of benzene rings is 1. The molecule has 0 aliphatic carbocycles. The van der Waals surface area contributed by atoms with Gasteiger partial charge in [0.05, 0.1) is 0 Å². The van der Waals surface area contributed by atoms with E-state index in [2.05, 4.69) is 52.9 Å². The van der Waals surface area contributed by atoms with Crippen molar-refractivity contribution in [1.82, 2.24) is 4.90 Å². The van der Waals surface area contributed by atoms with Crippen molar-refractivity contribution in [2.45, 2.75) is 20.4 Å². The Labute approximate surface area is 101 Å². The number of halogens is 1. The van der Waals surface area contributed by atoms with Crippen molar-refractivity contribution >= 4 is 15.9 Å². The average Bonchev–Trinajstić information content (AvgIpc) is 2.23. The van der Waals surface area contributed by atoms with Gasteiger partial charge in [-0.2, -0.15) is 0 Å². The standard InChI is InChI=1S/C12H19BrN2/c1-3-15(7-6-14)9-11-5-4-10(2)12(13)8-11/h4-5,8H,3,6-7,9,14H2,1-2H3. The van der Waals surface area contributed by atoms with E-state index in [0.29, 0.717) is 0 Å². The van der Waals surface area contributed by atoms with Crippen LogP contribution in [0.5, 0.6) is 0 Å². The third-order valence-corrected chi connectivity index (χ3v) is 3.39. The van der Waals surface area contributed by atoms with Gasteiger partial charge in [-0.3, -0.25) is 4.90 Å². The first-order chi connectivity index (χ1) is 7.17. The van der Waals surface area contributed by atoms with E-state index in [1.165, 1.54) is 15.6 Å². The summed E-state index contributed by atoms with van der Waals surface area (Å²) in [5, 5.41) is 0. The molecule has 0 bridgehead atoms. The van der Waals surface area contributed by atoms with Crippen molar-refractivity contribution in [3.63, 3.8) is 0 Å². The first-order valence-electron chi connectivity index (χ1n) is 5.34. The molecule has 1 aromatic carbocycles. The Morgan fingerprint density at radius 1 is 1.40 bits per heavy atom. The predicted octanol–water partition coefficient (Wildman–Crippen LogP) is 2.54. The van der Waals surface area contributed by atoms with Gasteiger partial charge in [0.15, 0.2) is 0 Å².